The monoisotopic (exact) mass is 349 g/mol. The van der Waals surface area contributed by atoms with Crippen LogP contribution in [0, 0.1) is 0 Å². The van der Waals surface area contributed by atoms with E-state index in [1.54, 1.807) is 6.92 Å². The molecule has 0 saturated heterocycles. The Balaban J connectivity index is 2.83. The summed E-state index contributed by atoms with van der Waals surface area (Å²) in [7, 11) is 0. The zero-order valence-electron chi connectivity index (χ0n) is 13.1. The number of rotatable bonds is 7. The molecular formula is C15H18F3NO5. The normalized spacial score (nSPS) is 13.8. The number of amides is 1. The van der Waals surface area contributed by atoms with Gasteiger partial charge in [-0.3, -0.25) is 4.79 Å². The molecule has 1 rings (SSSR count). The van der Waals surface area contributed by atoms with Crippen LogP contribution in [0.2, 0.25) is 0 Å². The standard InChI is InChI=1S/C15H18F3NO5/c1-3-23-11-7-5-10(6-8-11)19-12(20)9-14(22,15(16,17)18)13(21)24-4-2/h5-8,22H,3-4,9H2,1-2H3,(H,19,20)/t14-/m1/s1. The molecule has 0 heterocycles. The average Bonchev–Trinajstić information content (AvgIpc) is 2.48. The molecule has 0 aliphatic carbocycles. The number of carbonyl (C=O) groups is 2. The molecule has 1 atom stereocenters. The van der Waals surface area contributed by atoms with Crippen LogP contribution in [0.15, 0.2) is 24.3 Å². The summed E-state index contributed by atoms with van der Waals surface area (Å²) in [6, 6.07) is 5.86. The molecule has 1 aromatic rings. The highest BCUT2D eigenvalue weighted by Gasteiger charge is 2.61. The van der Waals surface area contributed by atoms with E-state index < -0.39 is 30.1 Å². The van der Waals surface area contributed by atoms with E-state index >= 15 is 0 Å². The quantitative estimate of drug-likeness (QED) is 0.738. The number of carbonyl (C=O) groups excluding carboxylic acids is 2. The van der Waals surface area contributed by atoms with E-state index in [4.69, 9.17) is 4.74 Å². The molecule has 0 radical (unpaired) electrons. The Hall–Kier alpha value is -2.29. The van der Waals surface area contributed by atoms with Crippen LogP contribution in [0.25, 0.3) is 0 Å². The molecule has 134 valence electrons. The lowest BCUT2D eigenvalue weighted by molar-refractivity contribution is -0.262. The van der Waals surface area contributed by atoms with E-state index in [1.165, 1.54) is 31.2 Å². The fourth-order valence-electron chi connectivity index (χ4n) is 1.78. The van der Waals surface area contributed by atoms with Crippen LogP contribution in [0.5, 0.6) is 5.75 Å². The molecule has 0 saturated carbocycles. The van der Waals surface area contributed by atoms with Crippen LogP contribution in [-0.2, 0) is 14.3 Å². The second-order valence-corrected chi connectivity index (χ2v) is 4.76. The number of anilines is 1. The predicted molar refractivity (Wildman–Crippen MR) is 78.5 cm³/mol. The van der Waals surface area contributed by atoms with Crippen molar-refractivity contribution in [1.82, 2.24) is 0 Å². The van der Waals surface area contributed by atoms with Crippen LogP contribution in [-0.4, -0.2) is 42.0 Å². The molecule has 0 bridgehead atoms. The largest absolute Gasteiger partial charge is 0.494 e. The second kappa shape index (κ2) is 8.00. The van der Waals surface area contributed by atoms with E-state index in [9.17, 15) is 27.9 Å². The lowest BCUT2D eigenvalue weighted by Gasteiger charge is -2.27. The summed E-state index contributed by atoms with van der Waals surface area (Å²) in [5, 5.41) is 11.8. The SMILES string of the molecule is CCOC(=O)[C@](O)(CC(=O)Nc1ccc(OCC)cc1)C(F)(F)F. The van der Waals surface area contributed by atoms with Gasteiger partial charge >= 0.3 is 12.1 Å². The first-order valence-electron chi connectivity index (χ1n) is 7.13. The fourth-order valence-corrected chi connectivity index (χ4v) is 1.78. The van der Waals surface area contributed by atoms with Crippen molar-refractivity contribution < 1.29 is 37.3 Å². The van der Waals surface area contributed by atoms with Crippen LogP contribution < -0.4 is 10.1 Å². The fraction of sp³-hybridized carbons (Fsp3) is 0.467. The van der Waals surface area contributed by atoms with Crippen LogP contribution in [0.1, 0.15) is 20.3 Å². The number of halogens is 3. The smallest absolute Gasteiger partial charge is 0.428 e. The summed E-state index contributed by atoms with van der Waals surface area (Å²) in [6.07, 6.45) is -6.86. The van der Waals surface area contributed by atoms with Gasteiger partial charge in [-0.05, 0) is 38.1 Å². The molecule has 24 heavy (non-hydrogen) atoms. The van der Waals surface area contributed by atoms with Gasteiger partial charge in [0.1, 0.15) is 5.75 Å². The zero-order chi connectivity index (χ0) is 18.4. The lowest BCUT2D eigenvalue weighted by atomic mass is 9.98. The van der Waals surface area contributed by atoms with Gasteiger partial charge in [-0.1, -0.05) is 0 Å². The number of nitrogens with one attached hydrogen (secondary N) is 1. The number of esters is 1. The molecular weight excluding hydrogens is 331 g/mol. The molecule has 6 nitrogen and oxygen atoms in total. The minimum atomic E-state index is -5.35. The number of aliphatic hydroxyl groups is 1. The Kier molecular flexibility index (Phi) is 6.59. The molecule has 0 unspecified atom stereocenters. The molecule has 0 spiro atoms. The maximum Gasteiger partial charge on any atom is 0.428 e. The third-order valence-corrected chi connectivity index (χ3v) is 2.95. The van der Waals surface area contributed by atoms with E-state index in [1.807, 2.05) is 0 Å². The summed E-state index contributed by atoms with van der Waals surface area (Å²) < 4.78 is 48.3. The maximum absolute atomic E-state index is 13.0. The first-order valence-corrected chi connectivity index (χ1v) is 7.13. The average molecular weight is 349 g/mol. The van der Waals surface area contributed by atoms with Gasteiger partial charge in [0.05, 0.1) is 19.6 Å². The van der Waals surface area contributed by atoms with Gasteiger partial charge in [0.15, 0.2) is 0 Å². The summed E-state index contributed by atoms with van der Waals surface area (Å²) in [4.78, 5) is 23.2. The van der Waals surface area contributed by atoms with Crippen molar-refractivity contribution in [2.24, 2.45) is 0 Å². The second-order valence-electron chi connectivity index (χ2n) is 4.76. The molecule has 0 aromatic heterocycles. The highest BCUT2D eigenvalue weighted by Crippen LogP contribution is 2.34. The van der Waals surface area contributed by atoms with Crippen molar-refractivity contribution in [3.05, 3.63) is 24.3 Å². The Morgan fingerprint density at radius 2 is 1.71 bits per heavy atom. The van der Waals surface area contributed by atoms with E-state index in [2.05, 4.69) is 10.1 Å². The summed E-state index contributed by atoms with van der Waals surface area (Å²) in [6.45, 7) is 3.14. The van der Waals surface area contributed by atoms with Crippen molar-refractivity contribution in [1.29, 1.82) is 0 Å². The summed E-state index contributed by atoms with van der Waals surface area (Å²) >= 11 is 0. The van der Waals surface area contributed by atoms with Crippen molar-refractivity contribution in [2.45, 2.75) is 32.0 Å². The lowest BCUT2D eigenvalue weighted by Crippen LogP contribution is -2.54. The molecule has 2 N–H and O–H groups in total. The summed E-state index contributed by atoms with van der Waals surface area (Å²) in [5.41, 5.74) is -3.71. The minimum Gasteiger partial charge on any atom is -0.494 e. The molecule has 1 amide bonds. The Morgan fingerprint density at radius 3 is 2.17 bits per heavy atom. The molecule has 9 heteroatoms. The Morgan fingerprint density at radius 1 is 1.12 bits per heavy atom. The van der Waals surface area contributed by atoms with E-state index in [-0.39, 0.29) is 12.3 Å². The Bertz CT molecular complexity index is 573. The topological polar surface area (TPSA) is 84.9 Å². The molecule has 0 aliphatic rings. The van der Waals surface area contributed by atoms with Gasteiger partial charge in [0.25, 0.3) is 5.60 Å². The predicted octanol–water partition coefficient (Wildman–Crippen LogP) is 2.27. The number of hydrogen-bond donors (Lipinski definition) is 2. The third kappa shape index (κ3) is 4.85. The van der Waals surface area contributed by atoms with Gasteiger partial charge in [-0.15, -0.1) is 0 Å². The first-order chi connectivity index (χ1) is 11.1. The van der Waals surface area contributed by atoms with Crippen LogP contribution >= 0.6 is 0 Å². The number of alkyl halides is 3. The molecule has 0 fully saturated rings. The van der Waals surface area contributed by atoms with Gasteiger partial charge in [-0.2, -0.15) is 13.2 Å². The van der Waals surface area contributed by atoms with E-state index in [0.717, 1.165) is 0 Å². The first kappa shape index (κ1) is 19.8. The van der Waals surface area contributed by atoms with E-state index in [0.29, 0.717) is 12.4 Å². The number of hydrogen-bond acceptors (Lipinski definition) is 5. The maximum atomic E-state index is 13.0. The highest BCUT2D eigenvalue weighted by atomic mass is 19.4. The molecule has 1 aromatic carbocycles. The van der Waals surface area contributed by atoms with Crippen LogP contribution in [0.3, 0.4) is 0 Å². The van der Waals surface area contributed by atoms with Gasteiger partial charge in [0, 0.05) is 5.69 Å². The number of ether oxygens (including phenoxy) is 2. The van der Waals surface area contributed by atoms with Crippen LogP contribution in [0.4, 0.5) is 18.9 Å². The minimum absolute atomic E-state index is 0.192. The number of benzene rings is 1. The highest BCUT2D eigenvalue weighted by molar-refractivity contribution is 5.96. The van der Waals surface area contributed by atoms with Crippen molar-refractivity contribution >= 4 is 17.6 Å². The van der Waals surface area contributed by atoms with Gasteiger partial charge < -0.3 is 19.9 Å². The van der Waals surface area contributed by atoms with Crippen molar-refractivity contribution in [3.63, 3.8) is 0 Å². The molecule has 0 aliphatic heterocycles. The third-order valence-electron chi connectivity index (χ3n) is 2.95. The van der Waals surface area contributed by atoms with Gasteiger partial charge in [-0.25, -0.2) is 4.79 Å². The zero-order valence-corrected chi connectivity index (χ0v) is 13.1. The van der Waals surface area contributed by atoms with Crippen molar-refractivity contribution in [2.75, 3.05) is 18.5 Å². The summed E-state index contributed by atoms with van der Waals surface area (Å²) in [5.74, 6) is -2.58. The van der Waals surface area contributed by atoms with Crippen molar-refractivity contribution in [3.8, 4) is 5.75 Å². The van der Waals surface area contributed by atoms with Gasteiger partial charge in [0.2, 0.25) is 5.91 Å². The Labute approximate surface area is 136 Å².